The Bertz CT molecular complexity index is 875. The highest BCUT2D eigenvalue weighted by molar-refractivity contribution is 5.68. The van der Waals surface area contributed by atoms with Gasteiger partial charge < -0.3 is 20.5 Å². The topological polar surface area (TPSA) is 88.7 Å². The third kappa shape index (κ3) is 4.52. The molecule has 0 saturated heterocycles. The van der Waals surface area contributed by atoms with E-state index in [9.17, 15) is 14.3 Å². The molecule has 0 atom stereocenters. The van der Waals surface area contributed by atoms with Crippen molar-refractivity contribution in [2.75, 3.05) is 18.9 Å². The Morgan fingerprint density at radius 1 is 1.36 bits per heavy atom. The number of benzene rings is 1. The van der Waals surface area contributed by atoms with Crippen LogP contribution < -0.4 is 10.5 Å². The Labute approximate surface area is 164 Å². The molecule has 0 unspecified atom stereocenters. The third-order valence-electron chi connectivity index (χ3n) is 5.05. The van der Waals surface area contributed by atoms with Crippen LogP contribution in [0.4, 0.5) is 14.9 Å². The van der Waals surface area contributed by atoms with E-state index >= 15 is 0 Å². The third-order valence-corrected chi connectivity index (χ3v) is 5.05. The van der Waals surface area contributed by atoms with E-state index in [2.05, 4.69) is 4.98 Å². The number of halogens is 1. The lowest BCUT2D eigenvalue weighted by Gasteiger charge is -2.36. The Balaban J connectivity index is 1.73. The first kappa shape index (κ1) is 19.9. The van der Waals surface area contributed by atoms with Crippen LogP contribution >= 0.6 is 0 Å². The molecule has 3 N–H and O–H groups in total. The van der Waals surface area contributed by atoms with E-state index in [-0.39, 0.29) is 5.41 Å². The lowest BCUT2D eigenvalue weighted by atomic mass is 10.0. The molecule has 0 aliphatic heterocycles. The zero-order valence-corrected chi connectivity index (χ0v) is 16.4. The van der Waals surface area contributed by atoms with Gasteiger partial charge in [-0.05, 0) is 57.4 Å². The summed E-state index contributed by atoms with van der Waals surface area (Å²) < 4.78 is 20.1. The molecule has 1 amide bonds. The summed E-state index contributed by atoms with van der Waals surface area (Å²) in [6, 6.07) is 8.53. The molecule has 0 spiro atoms. The maximum absolute atomic E-state index is 14.2. The number of ether oxygens (including phenoxy) is 1. The maximum Gasteiger partial charge on any atom is 0.407 e. The van der Waals surface area contributed by atoms with Gasteiger partial charge in [0.15, 0.2) is 0 Å². The number of nitrogens with two attached hydrogens (primary N) is 1. The summed E-state index contributed by atoms with van der Waals surface area (Å²) in [7, 11) is 0. The maximum atomic E-state index is 14.2. The van der Waals surface area contributed by atoms with Gasteiger partial charge in [0.25, 0.3) is 0 Å². The summed E-state index contributed by atoms with van der Waals surface area (Å²) in [6.07, 6.45) is 2.19. The van der Waals surface area contributed by atoms with Crippen molar-refractivity contribution in [1.82, 2.24) is 9.88 Å². The molecular weight excluding hydrogens is 361 g/mol. The molecule has 0 bridgehead atoms. The SMILES string of the molecule is CC(C)(C)N(CC1(COc2cnc(F)c(-c3cccc(N)c3)c2)CC1)C(=O)O. The van der Waals surface area contributed by atoms with E-state index in [1.54, 1.807) is 30.3 Å². The summed E-state index contributed by atoms with van der Waals surface area (Å²) in [4.78, 5) is 16.9. The molecule has 1 heterocycles. The van der Waals surface area contributed by atoms with Gasteiger partial charge in [-0.2, -0.15) is 4.39 Å². The minimum Gasteiger partial charge on any atom is -0.491 e. The fourth-order valence-corrected chi connectivity index (χ4v) is 3.10. The fraction of sp³-hybridized carbons (Fsp3) is 0.429. The second-order valence-electron chi connectivity index (χ2n) is 8.46. The number of carbonyl (C=O) groups is 1. The highest BCUT2D eigenvalue weighted by Crippen LogP contribution is 2.47. The van der Waals surface area contributed by atoms with E-state index in [4.69, 9.17) is 10.5 Å². The molecule has 1 aliphatic rings. The summed E-state index contributed by atoms with van der Waals surface area (Å²) in [5.41, 5.74) is 6.57. The molecule has 1 fully saturated rings. The molecule has 28 heavy (non-hydrogen) atoms. The number of amides is 1. The van der Waals surface area contributed by atoms with Crippen LogP contribution in [0, 0.1) is 11.4 Å². The Morgan fingerprint density at radius 2 is 2.07 bits per heavy atom. The van der Waals surface area contributed by atoms with Crippen LogP contribution in [-0.2, 0) is 0 Å². The van der Waals surface area contributed by atoms with Crippen molar-refractivity contribution >= 4 is 11.8 Å². The van der Waals surface area contributed by atoms with Gasteiger partial charge in [0.1, 0.15) is 5.75 Å². The smallest absolute Gasteiger partial charge is 0.407 e. The molecule has 3 rings (SSSR count). The number of nitrogen functional groups attached to an aromatic ring is 1. The van der Waals surface area contributed by atoms with E-state index in [1.165, 1.54) is 11.1 Å². The first-order chi connectivity index (χ1) is 13.1. The van der Waals surface area contributed by atoms with Crippen molar-refractivity contribution < 1.29 is 19.0 Å². The van der Waals surface area contributed by atoms with Gasteiger partial charge >= 0.3 is 6.09 Å². The summed E-state index contributed by atoms with van der Waals surface area (Å²) in [6.45, 7) is 6.39. The predicted molar refractivity (Wildman–Crippen MR) is 106 cm³/mol. The van der Waals surface area contributed by atoms with Gasteiger partial charge in [0.2, 0.25) is 5.95 Å². The summed E-state index contributed by atoms with van der Waals surface area (Å²) in [5, 5.41) is 9.52. The van der Waals surface area contributed by atoms with Crippen LogP contribution in [0.2, 0.25) is 0 Å². The Kier molecular flexibility index (Phi) is 5.19. The van der Waals surface area contributed by atoms with Crippen molar-refractivity contribution in [2.45, 2.75) is 39.2 Å². The lowest BCUT2D eigenvalue weighted by Crippen LogP contribution is -2.48. The van der Waals surface area contributed by atoms with Gasteiger partial charge in [-0.25, -0.2) is 9.78 Å². The van der Waals surface area contributed by atoms with Crippen molar-refractivity contribution in [3.8, 4) is 16.9 Å². The number of hydrogen-bond acceptors (Lipinski definition) is 4. The molecule has 1 aliphatic carbocycles. The van der Waals surface area contributed by atoms with Gasteiger partial charge in [0, 0.05) is 28.7 Å². The number of carboxylic acid groups (broad SMARTS) is 1. The minimum absolute atomic E-state index is 0.211. The van der Waals surface area contributed by atoms with Gasteiger partial charge in [0.05, 0.1) is 12.8 Å². The number of hydrogen-bond donors (Lipinski definition) is 2. The molecule has 150 valence electrons. The predicted octanol–water partition coefficient (Wildman–Crippen LogP) is 4.41. The number of pyridine rings is 1. The van der Waals surface area contributed by atoms with E-state index in [0.717, 1.165) is 12.8 Å². The van der Waals surface area contributed by atoms with E-state index in [0.29, 0.717) is 35.7 Å². The van der Waals surface area contributed by atoms with E-state index < -0.39 is 17.6 Å². The molecular formula is C21H26FN3O3. The molecule has 2 aromatic rings. The fourth-order valence-electron chi connectivity index (χ4n) is 3.10. The molecule has 1 aromatic carbocycles. The van der Waals surface area contributed by atoms with Crippen LogP contribution in [0.15, 0.2) is 36.5 Å². The van der Waals surface area contributed by atoms with Crippen molar-refractivity contribution in [2.24, 2.45) is 5.41 Å². The monoisotopic (exact) mass is 387 g/mol. The van der Waals surface area contributed by atoms with Crippen molar-refractivity contribution in [1.29, 1.82) is 0 Å². The number of nitrogens with zero attached hydrogens (tertiary/aromatic N) is 2. The zero-order valence-electron chi connectivity index (χ0n) is 16.4. The quantitative estimate of drug-likeness (QED) is 0.566. The first-order valence-electron chi connectivity index (χ1n) is 9.25. The molecule has 1 aromatic heterocycles. The average molecular weight is 387 g/mol. The largest absolute Gasteiger partial charge is 0.491 e. The minimum atomic E-state index is -0.939. The van der Waals surface area contributed by atoms with Crippen LogP contribution in [-0.4, -0.2) is 39.8 Å². The van der Waals surface area contributed by atoms with E-state index in [1.807, 2.05) is 20.8 Å². The second kappa shape index (κ2) is 7.30. The van der Waals surface area contributed by atoms with Crippen LogP contribution in [0.5, 0.6) is 5.75 Å². The average Bonchev–Trinajstić information content (AvgIpc) is 3.38. The zero-order chi connectivity index (χ0) is 20.5. The second-order valence-corrected chi connectivity index (χ2v) is 8.46. The summed E-state index contributed by atoms with van der Waals surface area (Å²) >= 11 is 0. The Morgan fingerprint density at radius 3 is 2.64 bits per heavy atom. The normalized spacial score (nSPS) is 15.1. The number of aromatic nitrogens is 1. The van der Waals surface area contributed by atoms with Crippen molar-refractivity contribution in [3.05, 3.63) is 42.5 Å². The van der Waals surface area contributed by atoms with Crippen LogP contribution in [0.3, 0.4) is 0 Å². The van der Waals surface area contributed by atoms with Crippen LogP contribution in [0.25, 0.3) is 11.1 Å². The van der Waals surface area contributed by atoms with Gasteiger partial charge in [-0.1, -0.05) is 12.1 Å². The summed E-state index contributed by atoms with van der Waals surface area (Å²) in [5.74, 6) is -0.147. The highest BCUT2D eigenvalue weighted by Gasteiger charge is 2.47. The highest BCUT2D eigenvalue weighted by atomic mass is 19.1. The van der Waals surface area contributed by atoms with Gasteiger partial charge in [-0.15, -0.1) is 0 Å². The standard InChI is InChI=1S/C21H26FN3O3/c1-20(2,3)25(19(26)27)12-21(7-8-21)13-28-16-10-17(18(22)24-11-16)14-5-4-6-15(23)9-14/h4-6,9-11H,7-8,12-13,23H2,1-3H3,(H,26,27). The molecule has 1 saturated carbocycles. The Hall–Kier alpha value is -2.83. The molecule has 7 heteroatoms. The lowest BCUT2D eigenvalue weighted by molar-refractivity contribution is 0.0746. The van der Waals surface area contributed by atoms with Crippen molar-refractivity contribution in [3.63, 3.8) is 0 Å². The first-order valence-corrected chi connectivity index (χ1v) is 9.25. The van der Waals surface area contributed by atoms with Crippen LogP contribution in [0.1, 0.15) is 33.6 Å². The molecule has 6 nitrogen and oxygen atoms in total. The number of rotatable bonds is 6. The molecule has 0 radical (unpaired) electrons. The number of anilines is 1. The van der Waals surface area contributed by atoms with Gasteiger partial charge in [-0.3, -0.25) is 0 Å².